The molecule has 4 nitrogen and oxygen atoms in total. The molecule has 0 saturated carbocycles. The molecule has 0 unspecified atom stereocenters. The maximum Gasteiger partial charge on any atom is 0.337 e. The number of aromatic nitrogens is 1. The van der Waals surface area contributed by atoms with E-state index >= 15 is 0 Å². The lowest BCUT2D eigenvalue weighted by atomic mass is 10.0. The van der Waals surface area contributed by atoms with Crippen LogP contribution >= 0.6 is 0 Å². The predicted octanol–water partition coefficient (Wildman–Crippen LogP) is 4.72. The van der Waals surface area contributed by atoms with Gasteiger partial charge in [-0.05, 0) is 67.8 Å². The number of hydrogen-bond acceptors (Lipinski definition) is 4. The van der Waals surface area contributed by atoms with Gasteiger partial charge in [0.2, 0.25) is 0 Å². The highest BCUT2D eigenvalue weighted by Crippen LogP contribution is 2.25. The Morgan fingerprint density at radius 2 is 1.89 bits per heavy atom. The number of hydrogen-bond donors (Lipinski definition) is 0. The average Bonchev–Trinajstić information content (AvgIpc) is 3.16. The van der Waals surface area contributed by atoms with Gasteiger partial charge in [-0.3, -0.25) is 4.98 Å². The molecule has 1 fully saturated rings. The third kappa shape index (κ3) is 3.92. The summed E-state index contributed by atoms with van der Waals surface area (Å²) in [5.41, 5.74) is 4.93. The Hall–Kier alpha value is -2.72. The number of likely N-dealkylation sites (tertiary alicyclic amines) is 1. The number of esters is 1. The van der Waals surface area contributed by atoms with Gasteiger partial charge in [-0.2, -0.15) is 0 Å². The summed E-state index contributed by atoms with van der Waals surface area (Å²) < 4.78 is 4.76. The highest BCUT2D eigenvalue weighted by atomic mass is 16.5. The van der Waals surface area contributed by atoms with Crippen LogP contribution in [0.4, 0.5) is 0 Å². The monoisotopic (exact) mass is 374 g/mol. The number of carbonyl (C=O) groups is 1. The zero-order valence-electron chi connectivity index (χ0n) is 16.5. The molecule has 2 heterocycles. The smallest absolute Gasteiger partial charge is 0.337 e. The van der Waals surface area contributed by atoms with E-state index in [1.165, 1.54) is 26.5 Å². The van der Waals surface area contributed by atoms with E-state index in [4.69, 9.17) is 9.72 Å². The van der Waals surface area contributed by atoms with E-state index in [0.29, 0.717) is 11.6 Å². The Morgan fingerprint density at radius 1 is 1.11 bits per heavy atom. The van der Waals surface area contributed by atoms with Crippen molar-refractivity contribution in [2.24, 2.45) is 0 Å². The van der Waals surface area contributed by atoms with Gasteiger partial charge in [0.15, 0.2) is 0 Å². The summed E-state index contributed by atoms with van der Waals surface area (Å²) in [5, 5.41) is 1.13. The Kier molecular flexibility index (Phi) is 5.40. The van der Waals surface area contributed by atoms with Gasteiger partial charge in [-0.1, -0.05) is 24.3 Å². The molecule has 3 aromatic rings. The minimum absolute atomic E-state index is 0.315. The van der Waals surface area contributed by atoms with Crippen LogP contribution in [0.15, 0.2) is 54.6 Å². The summed E-state index contributed by atoms with van der Waals surface area (Å²) in [7, 11) is 1.40. The van der Waals surface area contributed by atoms with E-state index in [2.05, 4.69) is 42.2 Å². The molecule has 2 aromatic carbocycles. The largest absolute Gasteiger partial charge is 0.465 e. The van der Waals surface area contributed by atoms with Crippen LogP contribution in [0.3, 0.4) is 0 Å². The lowest BCUT2D eigenvalue weighted by Gasteiger charge is -2.20. The van der Waals surface area contributed by atoms with Crippen molar-refractivity contribution in [3.63, 3.8) is 0 Å². The van der Waals surface area contributed by atoms with E-state index in [-0.39, 0.29) is 5.97 Å². The van der Waals surface area contributed by atoms with Crippen LogP contribution in [-0.4, -0.2) is 42.1 Å². The van der Waals surface area contributed by atoms with Crippen molar-refractivity contribution in [3.8, 4) is 11.1 Å². The molecule has 28 heavy (non-hydrogen) atoms. The molecule has 1 saturated heterocycles. The van der Waals surface area contributed by atoms with Crippen LogP contribution in [0, 0.1) is 0 Å². The zero-order valence-corrected chi connectivity index (χ0v) is 16.5. The van der Waals surface area contributed by atoms with Crippen LogP contribution in [0.1, 0.15) is 35.8 Å². The SMILES string of the molecule is COC(=O)c1ccc(-c2ccc3nc(CCN4CCC[C@H]4C)ccc3c2)cc1. The van der Waals surface area contributed by atoms with Gasteiger partial charge in [-0.15, -0.1) is 0 Å². The molecule has 4 heteroatoms. The summed E-state index contributed by atoms with van der Waals surface area (Å²) in [4.78, 5) is 19.0. The van der Waals surface area contributed by atoms with E-state index in [0.717, 1.165) is 40.7 Å². The molecule has 144 valence electrons. The van der Waals surface area contributed by atoms with Gasteiger partial charge in [0.05, 0.1) is 18.2 Å². The Balaban J connectivity index is 1.50. The fourth-order valence-corrected chi connectivity index (χ4v) is 3.99. The lowest BCUT2D eigenvalue weighted by molar-refractivity contribution is 0.0601. The standard InChI is InChI=1S/C24H26N2O2/c1-17-4-3-14-26(17)15-13-22-11-9-21-16-20(10-12-23(21)25-22)18-5-7-19(8-6-18)24(27)28-2/h5-12,16-17H,3-4,13-15H2,1-2H3/t17-/m1/s1. The molecule has 4 rings (SSSR count). The second kappa shape index (κ2) is 8.11. The summed E-state index contributed by atoms with van der Waals surface area (Å²) in [5.74, 6) is -0.315. The summed E-state index contributed by atoms with van der Waals surface area (Å²) >= 11 is 0. The topological polar surface area (TPSA) is 42.4 Å². The first kappa shape index (κ1) is 18.6. The minimum Gasteiger partial charge on any atom is -0.465 e. The first-order valence-corrected chi connectivity index (χ1v) is 9.96. The third-order valence-electron chi connectivity index (χ3n) is 5.73. The highest BCUT2D eigenvalue weighted by molar-refractivity contribution is 5.90. The summed E-state index contributed by atoms with van der Waals surface area (Å²) in [6.07, 6.45) is 3.63. The molecule has 1 aromatic heterocycles. The first-order chi connectivity index (χ1) is 13.6. The van der Waals surface area contributed by atoms with E-state index in [1.807, 2.05) is 12.1 Å². The second-order valence-corrected chi connectivity index (χ2v) is 7.56. The summed E-state index contributed by atoms with van der Waals surface area (Å²) in [6, 6.07) is 18.8. The molecule has 0 spiro atoms. The normalized spacial score (nSPS) is 17.1. The molecule has 0 N–H and O–H groups in total. The highest BCUT2D eigenvalue weighted by Gasteiger charge is 2.19. The van der Waals surface area contributed by atoms with Crippen molar-refractivity contribution in [1.82, 2.24) is 9.88 Å². The van der Waals surface area contributed by atoms with Crippen LogP contribution in [0.2, 0.25) is 0 Å². The number of benzene rings is 2. The number of carbonyl (C=O) groups excluding carboxylic acids is 1. The summed E-state index contributed by atoms with van der Waals surface area (Å²) in [6.45, 7) is 4.62. The quantitative estimate of drug-likeness (QED) is 0.606. The van der Waals surface area contributed by atoms with Crippen molar-refractivity contribution in [3.05, 3.63) is 65.9 Å². The third-order valence-corrected chi connectivity index (χ3v) is 5.73. The maximum absolute atomic E-state index is 11.6. The maximum atomic E-state index is 11.6. The van der Waals surface area contributed by atoms with Crippen LogP contribution in [-0.2, 0) is 11.2 Å². The van der Waals surface area contributed by atoms with Crippen LogP contribution in [0.25, 0.3) is 22.0 Å². The van der Waals surface area contributed by atoms with Gasteiger partial charge in [0.25, 0.3) is 0 Å². The first-order valence-electron chi connectivity index (χ1n) is 9.96. The van der Waals surface area contributed by atoms with Crippen molar-refractivity contribution >= 4 is 16.9 Å². The molecule has 1 aliphatic heterocycles. The van der Waals surface area contributed by atoms with Gasteiger partial charge in [-0.25, -0.2) is 4.79 Å². The minimum atomic E-state index is -0.315. The molecular weight excluding hydrogens is 348 g/mol. The fourth-order valence-electron chi connectivity index (χ4n) is 3.99. The van der Waals surface area contributed by atoms with Gasteiger partial charge >= 0.3 is 5.97 Å². The number of methoxy groups -OCH3 is 1. The molecule has 0 bridgehead atoms. The zero-order chi connectivity index (χ0) is 19.5. The van der Waals surface area contributed by atoms with E-state index in [9.17, 15) is 4.79 Å². The number of fused-ring (bicyclic) bond motifs is 1. The molecule has 0 radical (unpaired) electrons. The number of pyridine rings is 1. The number of ether oxygens (including phenoxy) is 1. The van der Waals surface area contributed by atoms with Gasteiger partial charge in [0.1, 0.15) is 0 Å². The Bertz CT molecular complexity index is 982. The second-order valence-electron chi connectivity index (χ2n) is 7.56. The molecule has 1 atom stereocenters. The van der Waals surface area contributed by atoms with Crippen molar-refractivity contribution in [1.29, 1.82) is 0 Å². The van der Waals surface area contributed by atoms with E-state index < -0.39 is 0 Å². The van der Waals surface area contributed by atoms with Crippen molar-refractivity contribution < 1.29 is 9.53 Å². The molecule has 0 aliphatic carbocycles. The Morgan fingerprint density at radius 3 is 2.61 bits per heavy atom. The van der Waals surface area contributed by atoms with Gasteiger partial charge < -0.3 is 9.64 Å². The van der Waals surface area contributed by atoms with E-state index in [1.54, 1.807) is 12.1 Å². The average molecular weight is 374 g/mol. The molecule has 0 amide bonds. The predicted molar refractivity (Wildman–Crippen MR) is 112 cm³/mol. The van der Waals surface area contributed by atoms with Gasteiger partial charge in [0, 0.05) is 30.1 Å². The lowest BCUT2D eigenvalue weighted by Crippen LogP contribution is -2.29. The van der Waals surface area contributed by atoms with Crippen molar-refractivity contribution in [2.75, 3.05) is 20.2 Å². The molecular formula is C24H26N2O2. The van der Waals surface area contributed by atoms with Crippen molar-refractivity contribution in [2.45, 2.75) is 32.2 Å². The number of rotatable bonds is 5. The molecule has 1 aliphatic rings. The number of nitrogens with zero attached hydrogens (tertiary/aromatic N) is 2. The fraction of sp³-hybridized carbons (Fsp3) is 0.333. The van der Waals surface area contributed by atoms with Crippen LogP contribution < -0.4 is 0 Å². The van der Waals surface area contributed by atoms with Crippen LogP contribution in [0.5, 0.6) is 0 Å². The Labute approximate surface area is 166 Å².